The summed E-state index contributed by atoms with van der Waals surface area (Å²) in [4.78, 5) is 24.4. The summed E-state index contributed by atoms with van der Waals surface area (Å²) in [5, 5.41) is 13.8. The number of benzene rings is 3. The summed E-state index contributed by atoms with van der Waals surface area (Å²) in [6.07, 6.45) is 0. The molecule has 3 aromatic rings. The van der Waals surface area contributed by atoms with Crippen molar-refractivity contribution < 1.29 is 18.4 Å². The Morgan fingerprint density at radius 3 is 1.89 bits per heavy atom. The lowest BCUT2D eigenvalue weighted by Gasteiger charge is -2.08. The van der Waals surface area contributed by atoms with Gasteiger partial charge in [0.15, 0.2) is 0 Å². The minimum absolute atomic E-state index is 0.144. The van der Waals surface area contributed by atoms with Crippen molar-refractivity contribution in [3.8, 4) is 6.07 Å². The Labute approximate surface area is 159 Å². The number of nitriles is 1. The van der Waals surface area contributed by atoms with Crippen molar-refractivity contribution in [3.05, 3.63) is 95.1 Å². The Morgan fingerprint density at radius 2 is 1.36 bits per heavy atom. The van der Waals surface area contributed by atoms with Crippen LogP contribution in [0, 0.1) is 23.0 Å². The third-order valence-corrected chi connectivity index (χ3v) is 3.86. The number of anilines is 2. The highest BCUT2D eigenvalue weighted by atomic mass is 19.1. The van der Waals surface area contributed by atoms with Crippen LogP contribution in [0.2, 0.25) is 0 Å². The van der Waals surface area contributed by atoms with Gasteiger partial charge in [-0.3, -0.25) is 9.59 Å². The molecule has 0 fully saturated rings. The molecule has 2 amide bonds. The molecule has 0 aromatic heterocycles. The van der Waals surface area contributed by atoms with E-state index in [9.17, 15) is 18.4 Å². The second-order valence-electron chi connectivity index (χ2n) is 5.80. The predicted molar refractivity (Wildman–Crippen MR) is 99.9 cm³/mol. The van der Waals surface area contributed by atoms with Gasteiger partial charge < -0.3 is 10.6 Å². The fourth-order valence-corrected chi connectivity index (χ4v) is 2.39. The summed E-state index contributed by atoms with van der Waals surface area (Å²) >= 11 is 0. The van der Waals surface area contributed by atoms with E-state index in [0.717, 1.165) is 12.1 Å². The van der Waals surface area contributed by atoms with Crippen LogP contribution in [0.25, 0.3) is 0 Å². The smallest absolute Gasteiger partial charge is 0.255 e. The Kier molecular flexibility index (Phi) is 5.42. The minimum atomic E-state index is -0.883. The van der Waals surface area contributed by atoms with Crippen molar-refractivity contribution in [3.63, 3.8) is 0 Å². The van der Waals surface area contributed by atoms with Gasteiger partial charge in [-0.1, -0.05) is 0 Å². The minimum Gasteiger partial charge on any atom is -0.322 e. The van der Waals surface area contributed by atoms with E-state index in [0.29, 0.717) is 22.9 Å². The number of nitrogens with one attached hydrogen (secondary N) is 2. The third-order valence-electron chi connectivity index (χ3n) is 3.86. The van der Waals surface area contributed by atoms with Gasteiger partial charge >= 0.3 is 0 Å². The van der Waals surface area contributed by atoms with Gasteiger partial charge in [-0.25, -0.2) is 8.78 Å². The molecule has 0 spiro atoms. The first-order chi connectivity index (χ1) is 13.5. The second-order valence-corrected chi connectivity index (χ2v) is 5.80. The number of hydrogen-bond acceptors (Lipinski definition) is 3. The Hall–Kier alpha value is -4.05. The van der Waals surface area contributed by atoms with Gasteiger partial charge in [-0.15, -0.1) is 0 Å². The molecular formula is C21H13F2N3O2. The monoisotopic (exact) mass is 377 g/mol. The lowest BCUT2D eigenvalue weighted by atomic mass is 10.1. The quantitative estimate of drug-likeness (QED) is 0.710. The van der Waals surface area contributed by atoms with Crippen molar-refractivity contribution in [1.29, 1.82) is 5.26 Å². The Balaban J connectivity index is 1.67. The zero-order valence-corrected chi connectivity index (χ0v) is 14.4. The van der Waals surface area contributed by atoms with Gasteiger partial charge in [-0.05, 0) is 60.7 Å². The van der Waals surface area contributed by atoms with Gasteiger partial charge in [0.1, 0.15) is 11.6 Å². The van der Waals surface area contributed by atoms with Crippen molar-refractivity contribution in [2.24, 2.45) is 0 Å². The highest BCUT2D eigenvalue weighted by molar-refractivity contribution is 6.07. The van der Waals surface area contributed by atoms with E-state index >= 15 is 0 Å². The summed E-state index contributed by atoms with van der Waals surface area (Å²) in [5.41, 5.74) is 1.38. The van der Waals surface area contributed by atoms with Crippen LogP contribution in [0.5, 0.6) is 0 Å². The highest BCUT2D eigenvalue weighted by Crippen LogP contribution is 2.17. The molecule has 0 saturated carbocycles. The first kappa shape index (κ1) is 18.7. The van der Waals surface area contributed by atoms with Crippen LogP contribution in [-0.2, 0) is 0 Å². The molecule has 0 unspecified atom stereocenters. The van der Waals surface area contributed by atoms with E-state index in [-0.39, 0.29) is 17.2 Å². The summed E-state index contributed by atoms with van der Waals surface area (Å²) in [6.45, 7) is 0. The predicted octanol–water partition coefficient (Wildman–Crippen LogP) is 4.34. The molecular weight excluding hydrogens is 364 g/mol. The summed E-state index contributed by atoms with van der Waals surface area (Å²) in [7, 11) is 0. The van der Waals surface area contributed by atoms with Crippen LogP contribution in [0.3, 0.4) is 0 Å². The molecule has 0 aliphatic carbocycles. The van der Waals surface area contributed by atoms with Gasteiger partial charge in [-0.2, -0.15) is 5.26 Å². The average Bonchev–Trinajstić information content (AvgIpc) is 2.70. The lowest BCUT2D eigenvalue weighted by Crippen LogP contribution is -2.15. The number of halogens is 2. The van der Waals surface area contributed by atoms with E-state index in [1.54, 1.807) is 24.3 Å². The van der Waals surface area contributed by atoms with E-state index in [2.05, 4.69) is 10.6 Å². The third kappa shape index (κ3) is 4.37. The SMILES string of the molecule is N#Cc1ccc(NC(=O)c2ccc(C(=O)Nc3ccc(F)cc3F)cc2)cc1. The van der Waals surface area contributed by atoms with Crippen molar-refractivity contribution >= 4 is 23.2 Å². The Bertz CT molecular complexity index is 1070. The number of carbonyl (C=O) groups is 2. The summed E-state index contributed by atoms with van der Waals surface area (Å²) < 4.78 is 26.5. The fourth-order valence-electron chi connectivity index (χ4n) is 2.39. The molecule has 0 aliphatic heterocycles. The molecule has 7 heteroatoms. The second kappa shape index (κ2) is 8.10. The van der Waals surface area contributed by atoms with Gasteiger partial charge in [0.2, 0.25) is 0 Å². The topological polar surface area (TPSA) is 82.0 Å². The van der Waals surface area contributed by atoms with Crippen LogP contribution in [0.15, 0.2) is 66.7 Å². The molecule has 3 rings (SSSR count). The van der Waals surface area contributed by atoms with Crippen LogP contribution in [0.1, 0.15) is 26.3 Å². The molecule has 0 heterocycles. The zero-order valence-electron chi connectivity index (χ0n) is 14.4. The van der Waals surface area contributed by atoms with Crippen LogP contribution < -0.4 is 10.6 Å². The van der Waals surface area contributed by atoms with E-state index < -0.39 is 17.5 Å². The van der Waals surface area contributed by atoms with E-state index in [4.69, 9.17) is 5.26 Å². The zero-order chi connectivity index (χ0) is 20.1. The number of carbonyl (C=O) groups excluding carboxylic acids is 2. The molecule has 138 valence electrons. The number of rotatable bonds is 4. The number of hydrogen-bond donors (Lipinski definition) is 2. The van der Waals surface area contributed by atoms with Crippen molar-refractivity contribution in [2.75, 3.05) is 10.6 Å². The molecule has 2 N–H and O–H groups in total. The maximum atomic E-state index is 13.6. The number of nitrogens with zero attached hydrogens (tertiary/aromatic N) is 1. The van der Waals surface area contributed by atoms with E-state index in [1.807, 2.05) is 6.07 Å². The molecule has 0 bridgehead atoms. The van der Waals surface area contributed by atoms with Crippen molar-refractivity contribution in [1.82, 2.24) is 0 Å². The van der Waals surface area contributed by atoms with Crippen LogP contribution >= 0.6 is 0 Å². The van der Waals surface area contributed by atoms with Gasteiger partial charge in [0.25, 0.3) is 11.8 Å². The maximum absolute atomic E-state index is 13.6. The molecule has 0 aliphatic rings. The molecule has 28 heavy (non-hydrogen) atoms. The summed E-state index contributed by atoms with van der Waals surface area (Å²) in [5.74, 6) is -2.61. The largest absolute Gasteiger partial charge is 0.322 e. The van der Waals surface area contributed by atoms with E-state index in [1.165, 1.54) is 24.3 Å². The standard InChI is InChI=1S/C21H13F2N3O2/c22-16-7-10-19(18(23)11-16)26-21(28)15-5-3-14(4-6-15)20(27)25-17-8-1-13(12-24)2-9-17/h1-11H,(H,25,27)(H,26,28). The first-order valence-electron chi connectivity index (χ1n) is 8.14. The van der Waals surface area contributed by atoms with Gasteiger partial charge in [0, 0.05) is 22.9 Å². The molecule has 0 radical (unpaired) electrons. The first-order valence-corrected chi connectivity index (χ1v) is 8.14. The van der Waals surface area contributed by atoms with Crippen LogP contribution in [0.4, 0.5) is 20.2 Å². The van der Waals surface area contributed by atoms with Crippen LogP contribution in [-0.4, -0.2) is 11.8 Å². The highest BCUT2D eigenvalue weighted by Gasteiger charge is 2.12. The molecule has 0 saturated heterocycles. The molecule has 0 atom stereocenters. The van der Waals surface area contributed by atoms with Gasteiger partial charge in [0.05, 0.1) is 17.3 Å². The molecule has 3 aromatic carbocycles. The maximum Gasteiger partial charge on any atom is 0.255 e. The lowest BCUT2D eigenvalue weighted by molar-refractivity contribution is 0.101. The fraction of sp³-hybridized carbons (Fsp3) is 0. The summed E-state index contributed by atoms with van der Waals surface area (Å²) in [6, 6.07) is 16.9. The van der Waals surface area contributed by atoms with Crippen molar-refractivity contribution in [2.45, 2.75) is 0 Å². The molecule has 5 nitrogen and oxygen atoms in total. The normalized spacial score (nSPS) is 10.0. The average molecular weight is 377 g/mol. The number of amides is 2. The Morgan fingerprint density at radius 1 is 0.786 bits per heavy atom.